The number of esters is 1. The minimum absolute atomic E-state index is 0.123. The zero-order valence-corrected chi connectivity index (χ0v) is 9.68. The van der Waals surface area contributed by atoms with E-state index in [2.05, 4.69) is 5.32 Å². The average molecular weight is 235 g/mol. The topological polar surface area (TPSA) is 72.5 Å². The van der Waals surface area contributed by atoms with E-state index in [1.807, 2.05) is 0 Å². The minimum atomic E-state index is -2.82. The van der Waals surface area contributed by atoms with Gasteiger partial charge >= 0.3 is 5.97 Å². The number of rotatable bonds is 4. The second kappa shape index (κ2) is 5.46. The standard InChI is InChI=1S/C9H17NO4S/c1-2-14-9(11)7-10-8-3-5-15(12,13)6-4-8/h8,10H,2-7H2,1H3. The van der Waals surface area contributed by atoms with Crippen LogP contribution in [0, 0.1) is 0 Å². The normalized spacial score (nSPS) is 21.1. The molecule has 0 spiro atoms. The van der Waals surface area contributed by atoms with E-state index < -0.39 is 9.84 Å². The van der Waals surface area contributed by atoms with Crippen LogP contribution in [0.4, 0.5) is 0 Å². The largest absolute Gasteiger partial charge is 0.465 e. The Bertz CT molecular complexity index is 298. The van der Waals surface area contributed by atoms with Crippen molar-refractivity contribution in [2.45, 2.75) is 25.8 Å². The highest BCUT2D eigenvalue weighted by atomic mass is 32.2. The molecule has 0 bridgehead atoms. The predicted octanol–water partition coefficient (Wildman–Crippen LogP) is -0.284. The van der Waals surface area contributed by atoms with Gasteiger partial charge in [0.2, 0.25) is 0 Å². The van der Waals surface area contributed by atoms with Crippen LogP contribution < -0.4 is 5.32 Å². The van der Waals surface area contributed by atoms with Gasteiger partial charge in [-0.25, -0.2) is 8.42 Å². The molecule has 0 aromatic rings. The minimum Gasteiger partial charge on any atom is -0.465 e. The van der Waals surface area contributed by atoms with Crippen molar-refractivity contribution in [2.24, 2.45) is 0 Å². The first-order valence-electron chi connectivity index (χ1n) is 5.13. The van der Waals surface area contributed by atoms with Crippen molar-refractivity contribution >= 4 is 15.8 Å². The molecule has 0 atom stereocenters. The van der Waals surface area contributed by atoms with Crippen molar-refractivity contribution in [1.82, 2.24) is 5.32 Å². The predicted molar refractivity (Wildman–Crippen MR) is 56.3 cm³/mol. The van der Waals surface area contributed by atoms with Crippen molar-refractivity contribution < 1.29 is 17.9 Å². The first kappa shape index (κ1) is 12.4. The maximum Gasteiger partial charge on any atom is 0.319 e. The number of carbonyl (C=O) groups excluding carboxylic acids is 1. The summed E-state index contributed by atoms with van der Waals surface area (Å²) < 4.78 is 27.0. The lowest BCUT2D eigenvalue weighted by Crippen LogP contribution is -2.40. The van der Waals surface area contributed by atoms with Crippen molar-refractivity contribution in [3.63, 3.8) is 0 Å². The molecule has 0 aromatic heterocycles. The fourth-order valence-electron chi connectivity index (χ4n) is 1.53. The Balaban J connectivity index is 2.22. The molecule has 0 radical (unpaired) electrons. The van der Waals surface area contributed by atoms with Crippen LogP contribution in [-0.4, -0.2) is 45.1 Å². The molecule has 1 N–H and O–H groups in total. The average Bonchev–Trinajstić information content (AvgIpc) is 2.17. The first-order valence-corrected chi connectivity index (χ1v) is 6.95. The van der Waals surface area contributed by atoms with Gasteiger partial charge in [0.25, 0.3) is 0 Å². The molecule has 5 nitrogen and oxygen atoms in total. The molecule has 1 saturated heterocycles. The van der Waals surface area contributed by atoms with Gasteiger partial charge in [-0.1, -0.05) is 0 Å². The molecule has 1 rings (SSSR count). The second-order valence-corrected chi connectivity index (χ2v) is 5.92. The monoisotopic (exact) mass is 235 g/mol. The Hall–Kier alpha value is -0.620. The number of sulfone groups is 1. The summed E-state index contributed by atoms with van der Waals surface area (Å²) in [6.07, 6.45) is 1.17. The molecule has 0 aliphatic carbocycles. The van der Waals surface area contributed by atoms with Gasteiger partial charge in [-0.05, 0) is 19.8 Å². The number of hydrogen-bond acceptors (Lipinski definition) is 5. The smallest absolute Gasteiger partial charge is 0.319 e. The number of nitrogens with one attached hydrogen (secondary N) is 1. The highest BCUT2D eigenvalue weighted by molar-refractivity contribution is 7.91. The molecule has 0 unspecified atom stereocenters. The van der Waals surface area contributed by atoms with Crippen molar-refractivity contribution in [1.29, 1.82) is 0 Å². The lowest BCUT2D eigenvalue weighted by Gasteiger charge is -2.22. The lowest BCUT2D eigenvalue weighted by atomic mass is 10.1. The third-order valence-corrected chi connectivity index (χ3v) is 4.11. The molecule has 6 heteroatoms. The second-order valence-electron chi connectivity index (χ2n) is 3.61. The Morgan fingerprint density at radius 1 is 1.40 bits per heavy atom. The fourth-order valence-corrected chi connectivity index (χ4v) is 3.03. The van der Waals surface area contributed by atoms with Crippen LogP contribution in [0.5, 0.6) is 0 Å². The van der Waals surface area contributed by atoms with Crippen LogP contribution in [0.25, 0.3) is 0 Å². The van der Waals surface area contributed by atoms with Crippen LogP contribution in [0.1, 0.15) is 19.8 Å². The van der Waals surface area contributed by atoms with Gasteiger partial charge in [-0.3, -0.25) is 4.79 Å². The molecule has 88 valence electrons. The Kier molecular flexibility index (Phi) is 4.53. The van der Waals surface area contributed by atoms with Gasteiger partial charge in [0.05, 0.1) is 24.7 Å². The van der Waals surface area contributed by atoms with E-state index in [9.17, 15) is 13.2 Å². The summed E-state index contributed by atoms with van der Waals surface area (Å²) in [7, 11) is -2.82. The molecule has 0 saturated carbocycles. The molecule has 0 amide bonds. The van der Waals surface area contributed by atoms with Gasteiger partial charge < -0.3 is 10.1 Å². The zero-order valence-electron chi connectivity index (χ0n) is 8.86. The molecular formula is C9H17NO4S. The van der Waals surface area contributed by atoms with Crippen LogP contribution in [0.15, 0.2) is 0 Å². The Morgan fingerprint density at radius 2 is 2.00 bits per heavy atom. The highest BCUT2D eigenvalue weighted by Gasteiger charge is 2.23. The lowest BCUT2D eigenvalue weighted by molar-refractivity contribution is -0.142. The van der Waals surface area contributed by atoms with E-state index in [4.69, 9.17) is 4.74 Å². The summed E-state index contributed by atoms with van der Waals surface area (Å²) in [5.41, 5.74) is 0. The third kappa shape index (κ3) is 4.61. The van der Waals surface area contributed by atoms with Crippen LogP contribution >= 0.6 is 0 Å². The van der Waals surface area contributed by atoms with Gasteiger partial charge in [-0.15, -0.1) is 0 Å². The van der Waals surface area contributed by atoms with Crippen molar-refractivity contribution in [3.8, 4) is 0 Å². The molecular weight excluding hydrogens is 218 g/mol. The van der Waals surface area contributed by atoms with Crippen LogP contribution in [0.2, 0.25) is 0 Å². The summed E-state index contributed by atoms with van der Waals surface area (Å²) >= 11 is 0. The van der Waals surface area contributed by atoms with E-state index in [1.165, 1.54) is 0 Å². The van der Waals surface area contributed by atoms with Gasteiger partial charge in [0, 0.05) is 6.04 Å². The molecule has 1 fully saturated rings. The summed E-state index contributed by atoms with van der Waals surface area (Å²) in [5.74, 6) is 0.145. The number of carbonyl (C=O) groups is 1. The van der Waals surface area contributed by atoms with E-state index in [-0.39, 0.29) is 30.1 Å². The van der Waals surface area contributed by atoms with Gasteiger partial charge in [0.1, 0.15) is 9.84 Å². The summed E-state index contributed by atoms with van der Waals surface area (Å²) in [6, 6.07) is 0.123. The third-order valence-electron chi connectivity index (χ3n) is 2.40. The van der Waals surface area contributed by atoms with Crippen LogP contribution in [-0.2, 0) is 19.4 Å². The number of ether oxygens (including phenoxy) is 1. The molecule has 1 aliphatic rings. The van der Waals surface area contributed by atoms with Crippen molar-refractivity contribution in [2.75, 3.05) is 24.7 Å². The summed E-state index contributed by atoms with van der Waals surface area (Å²) in [5, 5.41) is 3.00. The zero-order chi connectivity index (χ0) is 11.3. The van der Waals surface area contributed by atoms with E-state index >= 15 is 0 Å². The van der Waals surface area contributed by atoms with Crippen LogP contribution in [0.3, 0.4) is 0 Å². The maximum atomic E-state index is 11.1. The van der Waals surface area contributed by atoms with Gasteiger partial charge in [0.15, 0.2) is 0 Å². The first-order chi connectivity index (χ1) is 7.03. The molecule has 1 aliphatic heterocycles. The van der Waals surface area contributed by atoms with Gasteiger partial charge in [-0.2, -0.15) is 0 Å². The highest BCUT2D eigenvalue weighted by Crippen LogP contribution is 2.11. The number of hydrogen-bond donors (Lipinski definition) is 1. The Morgan fingerprint density at radius 3 is 2.53 bits per heavy atom. The van der Waals surface area contributed by atoms with E-state index in [0.717, 1.165) is 0 Å². The Labute approximate surface area is 90.1 Å². The maximum absolute atomic E-state index is 11.1. The van der Waals surface area contributed by atoms with Crippen molar-refractivity contribution in [3.05, 3.63) is 0 Å². The van der Waals surface area contributed by atoms with E-state index in [0.29, 0.717) is 19.4 Å². The molecule has 15 heavy (non-hydrogen) atoms. The fraction of sp³-hybridized carbons (Fsp3) is 0.889. The SMILES string of the molecule is CCOC(=O)CNC1CCS(=O)(=O)CC1. The van der Waals surface area contributed by atoms with E-state index in [1.54, 1.807) is 6.92 Å². The quantitative estimate of drug-likeness (QED) is 0.678. The molecule has 1 heterocycles. The molecule has 0 aromatic carbocycles. The summed E-state index contributed by atoms with van der Waals surface area (Å²) in [6.45, 7) is 2.29. The summed E-state index contributed by atoms with van der Waals surface area (Å²) in [4.78, 5) is 11.0.